The molecule has 1 aliphatic heterocycles. The average molecular weight is 345 g/mol. The van der Waals surface area contributed by atoms with Gasteiger partial charge >= 0.3 is 0 Å². The molecule has 0 aromatic carbocycles. The van der Waals surface area contributed by atoms with E-state index in [0.717, 1.165) is 42.8 Å². The normalized spacial score (nSPS) is 21.9. The first-order valence-electron chi connectivity index (χ1n) is 8.55. The molecule has 0 bridgehead atoms. The van der Waals surface area contributed by atoms with Crippen molar-refractivity contribution in [3.8, 4) is 5.88 Å². The highest BCUT2D eigenvalue weighted by molar-refractivity contribution is 7.09. The van der Waals surface area contributed by atoms with Crippen molar-refractivity contribution in [2.45, 2.75) is 38.3 Å². The molecule has 0 spiro atoms. The monoisotopic (exact) mass is 345 g/mol. The van der Waals surface area contributed by atoms with E-state index in [1.54, 1.807) is 18.6 Å². The van der Waals surface area contributed by atoms with Gasteiger partial charge < -0.3 is 9.64 Å². The van der Waals surface area contributed by atoms with Crippen molar-refractivity contribution in [2.24, 2.45) is 0 Å². The minimum Gasteiger partial charge on any atom is -0.481 e. The number of anilines is 1. The summed E-state index contributed by atoms with van der Waals surface area (Å²) >= 11 is 1.55. The summed E-state index contributed by atoms with van der Waals surface area (Å²) in [4.78, 5) is 14.1. The van der Waals surface area contributed by atoms with E-state index in [4.69, 9.17) is 9.72 Å². The van der Waals surface area contributed by atoms with Crippen molar-refractivity contribution in [1.82, 2.24) is 19.2 Å². The average Bonchev–Trinajstić information content (AvgIpc) is 3.34. The van der Waals surface area contributed by atoms with Gasteiger partial charge in [0.2, 0.25) is 11.0 Å². The summed E-state index contributed by atoms with van der Waals surface area (Å²) < 4.78 is 9.76. The number of hydrogen-bond donors (Lipinski definition) is 0. The Hall–Kier alpha value is -1.73. The zero-order valence-electron chi connectivity index (χ0n) is 14.2. The fourth-order valence-corrected chi connectivity index (χ4v) is 3.91. The highest BCUT2D eigenvalue weighted by atomic mass is 32.1. The van der Waals surface area contributed by atoms with Crippen LogP contribution in [0.4, 0.5) is 5.13 Å². The van der Waals surface area contributed by atoms with E-state index in [9.17, 15) is 0 Å². The summed E-state index contributed by atoms with van der Waals surface area (Å²) in [5, 5.41) is 1.09. The quantitative estimate of drug-likeness (QED) is 0.830. The standard InChI is InChI=1S/C17H23N5OS/c1-12-10-22(17-19-16(20-24-17)13-6-7-13)9-8-21(12)11-14-4-3-5-15(18-14)23-2/h3-5,12-13H,6-11H2,1-2H3. The van der Waals surface area contributed by atoms with Gasteiger partial charge in [0.25, 0.3) is 0 Å². The molecule has 4 rings (SSSR count). The van der Waals surface area contributed by atoms with Crippen LogP contribution in [0.5, 0.6) is 5.88 Å². The molecule has 128 valence electrons. The number of pyridine rings is 1. The Bertz CT molecular complexity index is 702. The lowest BCUT2D eigenvalue weighted by Crippen LogP contribution is -2.51. The molecule has 0 N–H and O–H groups in total. The molecule has 1 aliphatic carbocycles. The van der Waals surface area contributed by atoms with E-state index in [2.05, 4.69) is 32.1 Å². The molecule has 2 aromatic rings. The van der Waals surface area contributed by atoms with E-state index in [0.29, 0.717) is 17.8 Å². The maximum atomic E-state index is 5.22. The summed E-state index contributed by atoms with van der Waals surface area (Å²) in [6, 6.07) is 6.41. The third-order valence-electron chi connectivity index (χ3n) is 4.76. The second-order valence-electron chi connectivity index (χ2n) is 6.65. The van der Waals surface area contributed by atoms with E-state index in [1.165, 1.54) is 12.8 Å². The van der Waals surface area contributed by atoms with E-state index >= 15 is 0 Å². The fourth-order valence-electron chi connectivity index (χ4n) is 3.13. The molecule has 1 unspecified atom stereocenters. The summed E-state index contributed by atoms with van der Waals surface area (Å²) in [6.45, 7) is 6.13. The van der Waals surface area contributed by atoms with Crippen molar-refractivity contribution in [2.75, 3.05) is 31.6 Å². The number of ether oxygens (including phenoxy) is 1. The van der Waals surface area contributed by atoms with Gasteiger partial charge in [-0.1, -0.05) is 6.07 Å². The topological polar surface area (TPSA) is 54.4 Å². The third-order valence-corrected chi connectivity index (χ3v) is 5.56. The molecule has 7 heteroatoms. The van der Waals surface area contributed by atoms with Gasteiger partial charge in [-0.15, -0.1) is 0 Å². The van der Waals surface area contributed by atoms with Gasteiger partial charge in [0.15, 0.2) is 0 Å². The highest BCUT2D eigenvalue weighted by Crippen LogP contribution is 2.39. The molecule has 1 saturated heterocycles. The van der Waals surface area contributed by atoms with Gasteiger partial charge in [-0.05, 0) is 25.8 Å². The second kappa shape index (κ2) is 6.64. The Kier molecular flexibility index (Phi) is 4.37. The SMILES string of the molecule is COc1cccc(CN2CCN(c3nc(C4CC4)ns3)CC2C)n1. The first kappa shape index (κ1) is 15.8. The molecule has 2 aliphatic rings. The largest absolute Gasteiger partial charge is 0.481 e. The van der Waals surface area contributed by atoms with Gasteiger partial charge in [-0.3, -0.25) is 4.90 Å². The van der Waals surface area contributed by atoms with Crippen molar-refractivity contribution >= 4 is 16.7 Å². The number of nitrogens with zero attached hydrogens (tertiary/aromatic N) is 5. The molecular formula is C17H23N5OS. The Morgan fingerprint density at radius 3 is 2.88 bits per heavy atom. The maximum absolute atomic E-state index is 5.22. The third kappa shape index (κ3) is 3.37. The van der Waals surface area contributed by atoms with Crippen LogP contribution in [-0.2, 0) is 6.54 Å². The molecule has 1 saturated carbocycles. The summed E-state index contributed by atoms with van der Waals surface area (Å²) in [6.07, 6.45) is 2.52. The molecule has 3 heterocycles. The van der Waals surface area contributed by atoms with E-state index < -0.39 is 0 Å². The predicted molar refractivity (Wildman–Crippen MR) is 94.8 cm³/mol. The number of piperazine rings is 1. The van der Waals surface area contributed by atoms with Crippen LogP contribution in [0.3, 0.4) is 0 Å². The zero-order chi connectivity index (χ0) is 16.5. The van der Waals surface area contributed by atoms with Crippen LogP contribution in [-0.4, -0.2) is 52.0 Å². The van der Waals surface area contributed by atoms with Gasteiger partial charge in [0.1, 0.15) is 5.82 Å². The van der Waals surface area contributed by atoms with Crippen LogP contribution in [0.2, 0.25) is 0 Å². The van der Waals surface area contributed by atoms with Crippen LogP contribution < -0.4 is 9.64 Å². The highest BCUT2D eigenvalue weighted by Gasteiger charge is 2.30. The molecule has 6 nitrogen and oxygen atoms in total. The Labute approximate surface area is 146 Å². The molecule has 24 heavy (non-hydrogen) atoms. The lowest BCUT2D eigenvalue weighted by atomic mass is 10.2. The first-order valence-corrected chi connectivity index (χ1v) is 9.33. The summed E-state index contributed by atoms with van der Waals surface area (Å²) in [5.41, 5.74) is 1.06. The van der Waals surface area contributed by atoms with Crippen molar-refractivity contribution in [1.29, 1.82) is 0 Å². The van der Waals surface area contributed by atoms with Crippen LogP contribution in [0.15, 0.2) is 18.2 Å². The van der Waals surface area contributed by atoms with Gasteiger partial charge in [0.05, 0.1) is 12.8 Å². The van der Waals surface area contributed by atoms with Crippen LogP contribution in [0.1, 0.15) is 37.2 Å². The predicted octanol–water partition coefficient (Wildman–Crippen LogP) is 2.53. The van der Waals surface area contributed by atoms with E-state index in [1.807, 2.05) is 12.1 Å². The number of rotatable bonds is 5. The Morgan fingerprint density at radius 1 is 1.25 bits per heavy atom. The summed E-state index contributed by atoms with van der Waals surface area (Å²) in [7, 11) is 1.66. The van der Waals surface area contributed by atoms with Crippen LogP contribution in [0, 0.1) is 0 Å². The molecule has 2 aromatic heterocycles. The van der Waals surface area contributed by atoms with Crippen LogP contribution in [0.25, 0.3) is 0 Å². The smallest absolute Gasteiger partial charge is 0.213 e. The van der Waals surface area contributed by atoms with E-state index in [-0.39, 0.29) is 0 Å². The van der Waals surface area contributed by atoms with Crippen molar-refractivity contribution < 1.29 is 4.74 Å². The molecule has 0 radical (unpaired) electrons. The number of aromatic nitrogens is 3. The minimum atomic E-state index is 0.458. The minimum absolute atomic E-state index is 0.458. The van der Waals surface area contributed by atoms with Gasteiger partial charge in [-0.2, -0.15) is 4.37 Å². The molecule has 0 amide bonds. The lowest BCUT2D eigenvalue weighted by Gasteiger charge is -2.39. The molecular weight excluding hydrogens is 322 g/mol. The maximum Gasteiger partial charge on any atom is 0.213 e. The molecule has 1 atom stereocenters. The lowest BCUT2D eigenvalue weighted by molar-refractivity contribution is 0.178. The number of hydrogen-bond acceptors (Lipinski definition) is 7. The zero-order valence-corrected chi connectivity index (χ0v) is 15.0. The van der Waals surface area contributed by atoms with Gasteiger partial charge in [-0.25, -0.2) is 9.97 Å². The van der Waals surface area contributed by atoms with Gasteiger partial charge in [0, 0.05) is 55.7 Å². The Morgan fingerprint density at radius 2 is 2.12 bits per heavy atom. The van der Waals surface area contributed by atoms with Crippen molar-refractivity contribution in [3.63, 3.8) is 0 Å². The van der Waals surface area contributed by atoms with Crippen molar-refractivity contribution in [3.05, 3.63) is 29.7 Å². The fraction of sp³-hybridized carbons (Fsp3) is 0.588. The Balaban J connectivity index is 1.38. The van der Waals surface area contributed by atoms with Crippen LogP contribution >= 0.6 is 11.5 Å². The second-order valence-corrected chi connectivity index (χ2v) is 7.38. The summed E-state index contributed by atoms with van der Waals surface area (Å²) in [5.74, 6) is 2.37. The first-order chi connectivity index (χ1) is 11.7. The number of methoxy groups -OCH3 is 1. The molecule has 2 fully saturated rings.